The van der Waals surface area contributed by atoms with Crippen LogP contribution in [-0.2, 0) is 13.0 Å². The number of nitrogens with zero attached hydrogens (tertiary/aromatic N) is 1. The second-order valence-corrected chi connectivity index (χ2v) is 6.00. The Labute approximate surface area is 172 Å². The van der Waals surface area contributed by atoms with Crippen LogP contribution < -0.4 is 10.6 Å². The molecular formula is C20H27FIN3O. The lowest BCUT2D eigenvalue weighted by Crippen LogP contribution is -2.41. The standard InChI is InChI=1S/C20H26FN3O.HI/c1-3-22-20(23-13-17-9-10-19(21)15(2)11-17)24-14-18(25)12-16-7-5-4-6-8-16;/h4-11,18,25H,3,12-14H2,1-2H3,(H2,22,23,24);1H. The lowest BCUT2D eigenvalue weighted by atomic mass is 10.1. The summed E-state index contributed by atoms with van der Waals surface area (Å²) in [5.41, 5.74) is 2.66. The number of hydrogen-bond acceptors (Lipinski definition) is 2. The van der Waals surface area contributed by atoms with E-state index in [0.717, 1.165) is 17.7 Å². The van der Waals surface area contributed by atoms with Gasteiger partial charge in [0.25, 0.3) is 0 Å². The van der Waals surface area contributed by atoms with Crippen LogP contribution in [0.1, 0.15) is 23.6 Å². The molecule has 2 aromatic carbocycles. The first-order chi connectivity index (χ1) is 12.1. The second-order valence-electron chi connectivity index (χ2n) is 6.00. The number of aliphatic hydroxyl groups excluding tert-OH is 1. The average Bonchev–Trinajstić information content (AvgIpc) is 2.61. The highest BCUT2D eigenvalue weighted by molar-refractivity contribution is 14.0. The van der Waals surface area contributed by atoms with Crippen molar-refractivity contribution in [2.45, 2.75) is 32.9 Å². The molecule has 3 N–H and O–H groups in total. The lowest BCUT2D eigenvalue weighted by molar-refractivity contribution is 0.177. The minimum Gasteiger partial charge on any atom is -0.391 e. The number of nitrogens with one attached hydrogen (secondary N) is 2. The number of benzene rings is 2. The summed E-state index contributed by atoms with van der Waals surface area (Å²) in [6.45, 7) is 5.31. The Hall–Kier alpha value is -1.67. The van der Waals surface area contributed by atoms with Gasteiger partial charge in [0.05, 0.1) is 12.6 Å². The van der Waals surface area contributed by atoms with E-state index in [9.17, 15) is 9.50 Å². The molecule has 0 saturated carbocycles. The van der Waals surface area contributed by atoms with Gasteiger partial charge in [0, 0.05) is 19.5 Å². The van der Waals surface area contributed by atoms with Crippen LogP contribution in [0.2, 0.25) is 0 Å². The summed E-state index contributed by atoms with van der Waals surface area (Å²) in [5.74, 6) is 0.429. The van der Waals surface area contributed by atoms with Gasteiger partial charge in [-0.15, -0.1) is 24.0 Å². The van der Waals surface area contributed by atoms with Crippen LogP contribution in [0.5, 0.6) is 0 Å². The van der Waals surface area contributed by atoms with Crippen LogP contribution in [-0.4, -0.2) is 30.3 Å². The maximum absolute atomic E-state index is 13.3. The van der Waals surface area contributed by atoms with E-state index in [2.05, 4.69) is 15.6 Å². The highest BCUT2D eigenvalue weighted by Gasteiger charge is 2.07. The van der Waals surface area contributed by atoms with Crippen LogP contribution >= 0.6 is 24.0 Å². The van der Waals surface area contributed by atoms with E-state index in [1.165, 1.54) is 6.07 Å². The molecule has 0 aliphatic rings. The molecule has 0 saturated heterocycles. The quantitative estimate of drug-likeness (QED) is 0.330. The molecule has 0 fully saturated rings. The molecule has 0 aromatic heterocycles. The summed E-state index contributed by atoms with van der Waals surface area (Å²) >= 11 is 0. The van der Waals surface area contributed by atoms with E-state index in [-0.39, 0.29) is 29.8 Å². The maximum atomic E-state index is 13.3. The Morgan fingerprint density at radius 1 is 1.12 bits per heavy atom. The van der Waals surface area contributed by atoms with Crippen LogP contribution in [0.3, 0.4) is 0 Å². The number of halogens is 2. The van der Waals surface area contributed by atoms with Gasteiger partial charge >= 0.3 is 0 Å². The summed E-state index contributed by atoms with van der Waals surface area (Å²) in [5, 5.41) is 16.5. The molecule has 0 bridgehead atoms. The fourth-order valence-electron chi connectivity index (χ4n) is 2.49. The zero-order valence-corrected chi connectivity index (χ0v) is 17.5. The van der Waals surface area contributed by atoms with E-state index < -0.39 is 6.10 Å². The molecule has 1 unspecified atom stereocenters. The van der Waals surface area contributed by atoms with Gasteiger partial charge in [0.15, 0.2) is 5.96 Å². The summed E-state index contributed by atoms with van der Waals surface area (Å²) in [6.07, 6.45) is 0.0871. The van der Waals surface area contributed by atoms with Gasteiger partial charge in [0.2, 0.25) is 0 Å². The molecule has 1 atom stereocenters. The molecule has 0 heterocycles. The van der Waals surface area contributed by atoms with E-state index in [4.69, 9.17) is 0 Å². The first-order valence-electron chi connectivity index (χ1n) is 8.57. The third-order valence-corrected chi connectivity index (χ3v) is 3.81. The average molecular weight is 471 g/mol. The Morgan fingerprint density at radius 2 is 1.85 bits per heavy atom. The van der Waals surface area contributed by atoms with Gasteiger partial charge in [-0.25, -0.2) is 9.38 Å². The number of aryl methyl sites for hydroxylation is 1. The molecule has 0 aliphatic heterocycles. The third kappa shape index (κ3) is 7.70. The number of aliphatic hydroxyl groups is 1. The minimum absolute atomic E-state index is 0. The van der Waals surface area contributed by atoms with E-state index in [1.807, 2.05) is 37.3 Å². The highest BCUT2D eigenvalue weighted by atomic mass is 127. The third-order valence-electron chi connectivity index (χ3n) is 3.81. The molecule has 2 rings (SSSR count). The Balaban J connectivity index is 0.00000338. The molecule has 26 heavy (non-hydrogen) atoms. The molecule has 6 heteroatoms. The first kappa shape index (κ1) is 22.4. The summed E-state index contributed by atoms with van der Waals surface area (Å²) < 4.78 is 13.3. The first-order valence-corrected chi connectivity index (χ1v) is 8.57. The molecule has 0 radical (unpaired) electrons. The minimum atomic E-state index is -0.501. The normalized spacial score (nSPS) is 12.2. The van der Waals surface area contributed by atoms with Crippen LogP contribution in [0, 0.1) is 12.7 Å². The fourth-order valence-corrected chi connectivity index (χ4v) is 2.49. The Morgan fingerprint density at radius 3 is 2.50 bits per heavy atom. The maximum Gasteiger partial charge on any atom is 0.191 e. The molecular weight excluding hydrogens is 444 g/mol. The van der Waals surface area contributed by atoms with Gasteiger partial charge < -0.3 is 15.7 Å². The van der Waals surface area contributed by atoms with Gasteiger partial charge in [0.1, 0.15) is 5.82 Å². The van der Waals surface area contributed by atoms with Gasteiger partial charge in [-0.2, -0.15) is 0 Å². The zero-order chi connectivity index (χ0) is 18.1. The van der Waals surface area contributed by atoms with Gasteiger partial charge in [-0.3, -0.25) is 0 Å². The summed E-state index contributed by atoms with van der Waals surface area (Å²) in [7, 11) is 0. The van der Waals surface area contributed by atoms with Crippen LogP contribution in [0.25, 0.3) is 0 Å². The van der Waals surface area contributed by atoms with Crippen molar-refractivity contribution in [3.05, 3.63) is 71.0 Å². The van der Waals surface area contributed by atoms with Gasteiger partial charge in [-0.1, -0.05) is 42.5 Å². The largest absolute Gasteiger partial charge is 0.391 e. The molecule has 4 nitrogen and oxygen atoms in total. The zero-order valence-electron chi connectivity index (χ0n) is 15.2. The number of aliphatic imine (C=N–C) groups is 1. The van der Waals surface area contributed by atoms with Crippen molar-refractivity contribution in [2.75, 3.05) is 13.1 Å². The topological polar surface area (TPSA) is 56.7 Å². The Kier molecular flexibility index (Phi) is 10.2. The van der Waals surface area contributed by atoms with Crippen molar-refractivity contribution in [1.29, 1.82) is 0 Å². The molecule has 0 aliphatic carbocycles. The predicted molar refractivity (Wildman–Crippen MR) is 116 cm³/mol. The summed E-state index contributed by atoms with van der Waals surface area (Å²) in [4.78, 5) is 4.49. The van der Waals surface area contributed by atoms with Gasteiger partial charge in [-0.05, 0) is 36.6 Å². The van der Waals surface area contributed by atoms with Crippen molar-refractivity contribution >= 4 is 29.9 Å². The molecule has 0 amide bonds. The molecule has 2 aromatic rings. The van der Waals surface area contributed by atoms with E-state index >= 15 is 0 Å². The van der Waals surface area contributed by atoms with Crippen LogP contribution in [0.4, 0.5) is 4.39 Å². The monoisotopic (exact) mass is 471 g/mol. The highest BCUT2D eigenvalue weighted by Crippen LogP contribution is 2.10. The SMILES string of the molecule is CCNC(=NCc1ccc(F)c(C)c1)NCC(O)Cc1ccccc1.I. The smallest absolute Gasteiger partial charge is 0.191 e. The van der Waals surface area contributed by atoms with Crippen molar-refractivity contribution in [3.8, 4) is 0 Å². The molecule has 142 valence electrons. The lowest BCUT2D eigenvalue weighted by Gasteiger charge is -2.15. The number of hydrogen-bond donors (Lipinski definition) is 3. The van der Waals surface area contributed by atoms with Crippen molar-refractivity contribution in [2.24, 2.45) is 4.99 Å². The van der Waals surface area contributed by atoms with E-state index in [1.54, 1.807) is 19.1 Å². The van der Waals surface area contributed by atoms with Crippen molar-refractivity contribution < 1.29 is 9.50 Å². The van der Waals surface area contributed by atoms with E-state index in [0.29, 0.717) is 31.0 Å². The molecule has 0 spiro atoms. The van der Waals surface area contributed by atoms with Crippen LogP contribution in [0.15, 0.2) is 53.5 Å². The fraction of sp³-hybridized carbons (Fsp3) is 0.350. The summed E-state index contributed by atoms with van der Waals surface area (Å²) in [6, 6.07) is 14.9. The van der Waals surface area contributed by atoms with Crippen molar-refractivity contribution in [1.82, 2.24) is 10.6 Å². The second kappa shape index (κ2) is 11.9. The number of guanidine groups is 1. The predicted octanol–water partition coefficient (Wildman–Crippen LogP) is 3.41. The number of rotatable bonds is 7. The van der Waals surface area contributed by atoms with Crippen molar-refractivity contribution in [3.63, 3.8) is 0 Å². The Bertz CT molecular complexity index is 695.